The number of esters is 1. The monoisotopic (exact) mass is 411 g/mol. The highest BCUT2D eigenvalue weighted by atomic mass is 16.5. The number of ether oxygens (including phenoxy) is 1. The molecule has 0 aliphatic rings. The van der Waals surface area contributed by atoms with Crippen molar-refractivity contribution in [1.82, 2.24) is 5.32 Å². The summed E-state index contributed by atoms with van der Waals surface area (Å²) in [5, 5.41) is 8.35. The standard InChI is InChI=1S/C23H29N3O4/c1-15(2)14-23(21(28)30-5,26-17(4)27)18-10-12-19(13-11-18)24-22(29)25-20-9-7-6-8-16(20)3/h6-13,15H,14H2,1-5H3,(H,26,27)(H2,24,25,29)/t23-/m1/s1. The third kappa shape index (κ3) is 5.59. The molecule has 0 radical (unpaired) electrons. The van der Waals surface area contributed by atoms with E-state index < -0.39 is 11.5 Å². The van der Waals surface area contributed by atoms with Crippen molar-refractivity contribution in [1.29, 1.82) is 0 Å². The van der Waals surface area contributed by atoms with Gasteiger partial charge in [-0.05, 0) is 48.6 Å². The van der Waals surface area contributed by atoms with Gasteiger partial charge in [0.05, 0.1) is 7.11 Å². The second-order valence-electron chi connectivity index (χ2n) is 7.65. The molecule has 0 heterocycles. The number of hydrogen-bond acceptors (Lipinski definition) is 4. The zero-order chi connectivity index (χ0) is 22.3. The number of carbonyl (C=O) groups is 3. The minimum absolute atomic E-state index is 0.119. The van der Waals surface area contributed by atoms with Crippen LogP contribution in [0.5, 0.6) is 0 Å². The zero-order valence-electron chi connectivity index (χ0n) is 18.0. The Balaban J connectivity index is 2.25. The van der Waals surface area contributed by atoms with Gasteiger partial charge in [-0.1, -0.05) is 44.2 Å². The first-order valence-electron chi connectivity index (χ1n) is 9.79. The minimum atomic E-state index is -1.29. The molecule has 30 heavy (non-hydrogen) atoms. The van der Waals surface area contributed by atoms with Crippen LogP contribution < -0.4 is 16.0 Å². The Labute approximate surface area is 177 Å². The summed E-state index contributed by atoms with van der Waals surface area (Å²) in [6, 6.07) is 13.9. The summed E-state index contributed by atoms with van der Waals surface area (Å²) in [5.41, 5.74) is 1.52. The Hall–Kier alpha value is -3.35. The van der Waals surface area contributed by atoms with E-state index in [-0.39, 0.29) is 17.9 Å². The van der Waals surface area contributed by atoms with Gasteiger partial charge < -0.3 is 20.7 Å². The van der Waals surface area contributed by atoms with E-state index in [9.17, 15) is 14.4 Å². The van der Waals surface area contributed by atoms with Crippen LogP contribution in [0.15, 0.2) is 48.5 Å². The molecule has 2 aromatic carbocycles. The van der Waals surface area contributed by atoms with Crippen LogP contribution in [-0.4, -0.2) is 25.0 Å². The summed E-state index contributed by atoms with van der Waals surface area (Å²) in [6.07, 6.45) is 0.375. The van der Waals surface area contributed by atoms with Crippen LogP contribution in [0.25, 0.3) is 0 Å². The molecule has 0 saturated carbocycles. The molecule has 3 amide bonds. The summed E-state index contributed by atoms with van der Waals surface area (Å²) in [6.45, 7) is 7.20. The van der Waals surface area contributed by atoms with Crippen LogP contribution >= 0.6 is 0 Å². The number of para-hydroxylation sites is 1. The van der Waals surface area contributed by atoms with Gasteiger partial charge in [0.25, 0.3) is 0 Å². The Morgan fingerprint density at radius 2 is 1.63 bits per heavy atom. The first-order valence-corrected chi connectivity index (χ1v) is 9.79. The van der Waals surface area contributed by atoms with Gasteiger partial charge in [0.2, 0.25) is 5.91 Å². The lowest BCUT2D eigenvalue weighted by atomic mass is 9.82. The third-order valence-corrected chi connectivity index (χ3v) is 4.67. The minimum Gasteiger partial charge on any atom is -0.467 e. The lowest BCUT2D eigenvalue weighted by Crippen LogP contribution is -2.52. The molecule has 0 aromatic heterocycles. The molecule has 0 unspecified atom stereocenters. The number of anilines is 2. The van der Waals surface area contributed by atoms with Crippen LogP contribution in [0.4, 0.5) is 16.2 Å². The number of rotatable bonds is 7. The van der Waals surface area contributed by atoms with Crippen molar-refractivity contribution in [2.45, 2.75) is 39.7 Å². The Morgan fingerprint density at radius 1 is 1.00 bits per heavy atom. The molecule has 2 rings (SSSR count). The van der Waals surface area contributed by atoms with E-state index in [0.29, 0.717) is 17.7 Å². The molecule has 0 spiro atoms. The van der Waals surface area contributed by atoms with Crippen LogP contribution in [-0.2, 0) is 19.9 Å². The van der Waals surface area contributed by atoms with E-state index in [2.05, 4.69) is 16.0 Å². The third-order valence-electron chi connectivity index (χ3n) is 4.67. The molecule has 0 saturated heterocycles. The van der Waals surface area contributed by atoms with Crippen LogP contribution in [0.1, 0.15) is 38.3 Å². The lowest BCUT2D eigenvalue weighted by Gasteiger charge is -2.33. The fourth-order valence-corrected chi connectivity index (χ4v) is 3.42. The number of benzene rings is 2. The molecular formula is C23H29N3O4. The fraction of sp³-hybridized carbons (Fsp3) is 0.348. The molecule has 160 valence electrons. The summed E-state index contributed by atoms with van der Waals surface area (Å²) in [7, 11) is 1.30. The van der Waals surface area contributed by atoms with E-state index in [4.69, 9.17) is 4.74 Å². The average molecular weight is 412 g/mol. The van der Waals surface area contributed by atoms with Gasteiger partial charge in [-0.2, -0.15) is 0 Å². The van der Waals surface area contributed by atoms with Crippen molar-refractivity contribution in [2.24, 2.45) is 5.92 Å². The van der Waals surface area contributed by atoms with Gasteiger partial charge >= 0.3 is 12.0 Å². The Bertz CT molecular complexity index is 909. The van der Waals surface area contributed by atoms with Crippen LogP contribution in [0.3, 0.4) is 0 Å². The summed E-state index contributed by atoms with van der Waals surface area (Å²) in [5.74, 6) is -0.751. The predicted molar refractivity (Wildman–Crippen MR) is 117 cm³/mol. The van der Waals surface area contributed by atoms with Gasteiger partial charge in [-0.15, -0.1) is 0 Å². The highest BCUT2D eigenvalue weighted by molar-refractivity contribution is 6.00. The van der Waals surface area contributed by atoms with Gasteiger partial charge in [0.1, 0.15) is 0 Å². The van der Waals surface area contributed by atoms with Gasteiger partial charge in [-0.3, -0.25) is 4.79 Å². The molecule has 1 atom stereocenters. The van der Waals surface area contributed by atoms with Crippen molar-refractivity contribution < 1.29 is 19.1 Å². The summed E-state index contributed by atoms with van der Waals surface area (Å²) < 4.78 is 5.01. The maximum absolute atomic E-state index is 12.7. The molecule has 2 aromatic rings. The molecule has 0 aliphatic carbocycles. The maximum atomic E-state index is 12.7. The first-order chi connectivity index (χ1) is 14.2. The number of aryl methyl sites for hydroxylation is 1. The molecule has 0 bridgehead atoms. The van der Waals surface area contributed by atoms with Crippen molar-refractivity contribution in [3.05, 3.63) is 59.7 Å². The number of hydrogen-bond donors (Lipinski definition) is 3. The molecule has 3 N–H and O–H groups in total. The number of methoxy groups -OCH3 is 1. The molecule has 0 aliphatic heterocycles. The van der Waals surface area contributed by atoms with Crippen molar-refractivity contribution in [3.63, 3.8) is 0 Å². The number of amides is 3. The van der Waals surface area contributed by atoms with E-state index >= 15 is 0 Å². The molecular weight excluding hydrogens is 382 g/mol. The first kappa shape index (κ1) is 22.9. The smallest absolute Gasteiger partial charge is 0.336 e. The number of carbonyl (C=O) groups excluding carboxylic acids is 3. The number of urea groups is 1. The Kier molecular flexibility index (Phi) is 7.58. The summed E-state index contributed by atoms with van der Waals surface area (Å²) >= 11 is 0. The Morgan fingerprint density at radius 3 is 2.17 bits per heavy atom. The largest absolute Gasteiger partial charge is 0.467 e. The zero-order valence-corrected chi connectivity index (χ0v) is 18.0. The fourth-order valence-electron chi connectivity index (χ4n) is 3.42. The summed E-state index contributed by atoms with van der Waals surface area (Å²) in [4.78, 5) is 36.9. The van der Waals surface area contributed by atoms with Crippen molar-refractivity contribution in [2.75, 3.05) is 17.7 Å². The molecule has 0 fully saturated rings. The highest BCUT2D eigenvalue weighted by Crippen LogP contribution is 2.31. The van der Waals surface area contributed by atoms with Gasteiger partial charge in [-0.25, -0.2) is 9.59 Å². The quantitative estimate of drug-likeness (QED) is 0.595. The molecule has 7 nitrogen and oxygen atoms in total. The average Bonchev–Trinajstić information content (AvgIpc) is 2.68. The van der Waals surface area contributed by atoms with E-state index in [1.54, 1.807) is 24.3 Å². The maximum Gasteiger partial charge on any atom is 0.336 e. The van der Waals surface area contributed by atoms with E-state index in [1.165, 1.54) is 14.0 Å². The van der Waals surface area contributed by atoms with Gasteiger partial charge in [0.15, 0.2) is 5.54 Å². The normalized spacial score (nSPS) is 12.6. The van der Waals surface area contributed by atoms with Gasteiger partial charge in [0, 0.05) is 18.3 Å². The van der Waals surface area contributed by atoms with Crippen molar-refractivity contribution >= 4 is 29.3 Å². The lowest BCUT2D eigenvalue weighted by molar-refractivity contribution is -0.152. The van der Waals surface area contributed by atoms with Crippen LogP contribution in [0, 0.1) is 12.8 Å². The highest BCUT2D eigenvalue weighted by Gasteiger charge is 2.42. The van der Waals surface area contributed by atoms with E-state index in [0.717, 1.165) is 11.3 Å². The second kappa shape index (κ2) is 9.91. The second-order valence-corrected chi connectivity index (χ2v) is 7.65. The topological polar surface area (TPSA) is 96.5 Å². The number of nitrogens with one attached hydrogen (secondary N) is 3. The van der Waals surface area contributed by atoms with Crippen LogP contribution in [0.2, 0.25) is 0 Å². The van der Waals surface area contributed by atoms with E-state index in [1.807, 2.05) is 45.0 Å². The SMILES string of the molecule is COC(=O)[C@](CC(C)C)(NC(C)=O)c1ccc(NC(=O)Nc2ccccc2C)cc1. The predicted octanol–water partition coefficient (Wildman–Crippen LogP) is 4.19. The van der Waals surface area contributed by atoms with Crippen molar-refractivity contribution in [3.8, 4) is 0 Å². The molecule has 7 heteroatoms.